The maximum Gasteiger partial charge on any atom is 0.407 e. The van der Waals surface area contributed by atoms with Crippen molar-refractivity contribution in [2.24, 2.45) is 5.73 Å². The van der Waals surface area contributed by atoms with Crippen LogP contribution in [0.5, 0.6) is 0 Å². The van der Waals surface area contributed by atoms with Crippen LogP contribution >= 0.6 is 0 Å². The fourth-order valence-corrected chi connectivity index (χ4v) is 2.43. The summed E-state index contributed by atoms with van der Waals surface area (Å²) in [6.07, 6.45) is -1.80. The average molecular weight is 411 g/mol. The molecule has 0 bridgehead atoms. The van der Waals surface area contributed by atoms with Crippen LogP contribution in [0.4, 0.5) is 14.4 Å². The van der Waals surface area contributed by atoms with Crippen molar-refractivity contribution in [2.75, 3.05) is 13.2 Å². The summed E-state index contributed by atoms with van der Waals surface area (Å²) in [4.78, 5) is 32.7. The summed E-state index contributed by atoms with van der Waals surface area (Å²) in [6, 6.07) is 8.78. The second-order valence-electron chi connectivity index (χ2n) is 7.27. The van der Waals surface area contributed by atoms with E-state index in [4.69, 9.17) is 24.1 Å². The lowest BCUT2D eigenvalue weighted by atomic mass is 10.0. The van der Waals surface area contributed by atoms with Crippen molar-refractivity contribution in [1.29, 1.82) is 0 Å². The molecular weight excluding hydrogens is 382 g/mol. The Hall–Kier alpha value is -3.01. The Morgan fingerprint density at radius 3 is 2.31 bits per heavy atom. The number of carboxylic acid groups (broad SMARTS) is 1. The molecule has 1 heterocycles. The lowest BCUT2D eigenvalue weighted by Gasteiger charge is -2.33. The van der Waals surface area contributed by atoms with E-state index in [0.717, 1.165) is 5.56 Å². The maximum atomic E-state index is 12.0. The van der Waals surface area contributed by atoms with Crippen LogP contribution in [-0.2, 0) is 20.8 Å². The first-order chi connectivity index (χ1) is 13.6. The molecule has 0 radical (unpaired) electrons. The fraction of sp³-hybridized carbons (Fsp3) is 0.526. The molecule has 2 atom stereocenters. The van der Waals surface area contributed by atoms with Crippen molar-refractivity contribution in [2.45, 2.75) is 51.5 Å². The number of alkyl carbamates (subject to hydrolysis) is 2. The van der Waals surface area contributed by atoms with Gasteiger partial charge in [0, 0.05) is 6.61 Å². The molecule has 2 rings (SSSR count). The average Bonchev–Trinajstić information content (AvgIpc) is 2.60. The van der Waals surface area contributed by atoms with E-state index in [9.17, 15) is 9.59 Å². The van der Waals surface area contributed by atoms with Gasteiger partial charge in [-0.15, -0.1) is 0 Å². The summed E-state index contributed by atoms with van der Waals surface area (Å²) >= 11 is 0. The molecule has 1 fully saturated rings. The Balaban J connectivity index is 0.000000960. The van der Waals surface area contributed by atoms with Crippen LogP contribution in [0.1, 0.15) is 32.8 Å². The van der Waals surface area contributed by atoms with E-state index in [2.05, 4.69) is 16.4 Å². The second-order valence-corrected chi connectivity index (χ2v) is 7.27. The maximum absolute atomic E-state index is 12.0. The van der Waals surface area contributed by atoms with Gasteiger partial charge in [-0.2, -0.15) is 0 Å². The Morgan fingerprint density at radius 2 is 1.72 bits per heavy atom. The third kappa shape index (κ3) is 11.4. The van der Waals surface area contributed by atoms with Crippen LogP contribution < -0.4 is 16.4 Å². The van der Waals surface area contributed by atoms with E-state index in [0.29, 0.717) is 19.6 Å². The molecule has 5 N–H and O–H groups in total. The number of ether oxygens (including phenoxy) is 3. The molecule has 29 heavy (non-hydrogen) atoms. The summed E-state index contributed by atoms with van der Waals surface area (Å²) in [6.45, 7) is 6.40. The van der Waals surface area contributed by atoms with E-state index in [1.165, 1.54) is 0 Å². The van der Waals surface area contributed by atoms with Gasteiger partial charge < -0.3 is 35.7 Å². The summed E-state index contributed by atoms with van der Waals surface area (Å²) < 4.78 is 15.9. The first-order valence-corrected chi connectivity index (χ1v) is 9.09. The number of rotatable bonds is 4. The Bertz CT molecular complexity index is 658. The van der Waals surface area contributed by atoms with Crippen LogP contribution in [-0.4, -0.2) is 54.3 Å². The van der Waals surface area contributed by atoms with E-state index < -0.39 is 23.9 Å². The Morgan fingerprint density at radius 1 is 1.14 bits per heavy atom. The second kappa shape index (κ2) is 11.7. The summed E-state index contributed by atoms with van der Waals surface area (Å²) in [7, 11) is 0. The molecule has 10 nitrogen and oxygen atoms in total. The summed E-state index contributed by atoms with van der Waals surface area (Å²) in [5.74, 6) is 0. The lowest BCUT2D eigenvalue weighted by Crippen LogP contribution is -2.57. The van der Waals surface area contributed by atoms with Gasteiger partial charge >= 0.3 is 18.3 Å². The number of carbonyl (C=O) groups is 3. The van der Waals surface area contributed by atoms with Gasteiger partial charge in [-0.05, 0) is 32.8 Å². The third-order valence-electron chi connectivity index (χ3n) is 3.57. The Labute approximate surface area is 169 Å². The molecule has 0 aliphatic carbocycles. The van der Waals surface area contributed by atoms with E-state index in [1.807, 2.05) is 30.3 Å². The first kappa shape index (κ1) is 24.0. The minimum absolute atomic E-state index is 0.185. The number of amides is 3. The van der Waals surface area contributed by atoms with Gasteiger partial charge in [0.25, 0.3) is 0 Å². The number of nitrogens with one attached hydrogen (secondary N) is 2. The molecule has 1 saturated heterocycles. The van der Waals surface area contributed by atoms with Gasteiger partial charge in [0.05, 0.1) is 18.7 Å². The summed E-state index contributed by atoms with van der Waals surface area (Å²) in [5, 5.41) is 12.7. The molecule has 162 valence electrons. The fourth-order valence-electron chi connectivity index (χ4n) is 2.43. The minimum atomic E-state index is -1.33. The molecule has 1 aromatic carbocycles. The van der Waals surface area contributed by atoms with Crippen molar-refractivity contribution >= 4 is 18.3 Å². The SMILES string of the molecule is CC(C)(C)OC(=O)N[C@@H]1CCOC[C@H]1NC(=O)OCc1ccccc1.NC(=O)O. The number of hydrogen-bond acceptors (Lipinski definition) is 6. The highest BCUT2D eigenvalue weighted by Gasteiger charge is 2.30. The smallest absolute Gasteiger partial charge is 0.407 e. The van der Waals surface area contributed by atoms with Gasteiger partial charge in [0.2, 0.25) is 0 Å². The summed E-state index contributed by atoms with van der Waals surface area (Å²) in [5.41, 5.74) is 4.35. The van der Waals surface area contributed by atoms with Gasteiger partial charge in [0.1, 0.15) is 12.2 Å². The van der Waals surface area contributed by atoms with Crippen LogP contribution in [0.2, 0.25) is 0 Å². The largest absolute Gasteiger partial charge is 0.465 e. The molecule has 0 saturated carbocycles. The highest BCUT2D eigenvalue weighted by atomic mass is 16.6. The molecule has 0 aromatic heterocycles. The lowest BCUT2D eigenvalue weighted by molar-refractivity contribution is 0.0269. The topological polar surface area (TPSA) is 149 Å². The van der Waals surface area contributed by atoms with Gasteiger partial charge in [-0.25, -0.2) is 14.4 Å². The van der Waals surface area contributed by atoms with Crippen molar-refractivity contribution in [1.82, 2.24) is 10.6 Å². The van der Waals surface area contributed by atoms with Crippen LogP contribution in [0.15, 0.2) is 30.3 Å². The highest BCUT2D eigenvalue weighted by Crippen LogP contribution is 2.12. The predicted octanol–water partition coefficient (Wildman–Crippen LogP) is 2.22. The van der Waals surface area contributed by atoms with Crippen molar-refractivity contribution in [3.05, 3.63) is 35.9 Å². The number of hydrogen-bond donors (Lipinski definition) is 4. The molecular formula is C19H29N3O7. The zero-order chi connectivity index (χ0) is 21.9. The minimum Gasteiger partial charge on any atom is -0.465 e. The van der Waals surface area contributed by atoms with Crippen LogP contribution in [0.25, 0.3) is 0 Å². The number of nitrogens with two attached hydrogens (primary N) is 1. The predicted molar refractivity (Wildman–Crippen MR) is 104 cm³/mol. The normalized spacial score (nSPS) is 18.4. The molecule has 0 spiro atoms. The monoisotopic (exact) mass is 411 g/mol. The zero-order valence-corrected chi connectivity index (χ0v) is 16.8. The standard InChI is InChI=1S/C18H26N2O5.CH3NO2/c1-18(2,3)25-17(22)19-14-9-10-23-12-15(14)20-16(21)24-11-13-7-5-4-6-8-13;2-1(3)4/h4-8,14-15H,9-12H2,1-3H3,(H,19,22)(H,20,21);2H2,(H,3,4)/t14-,15-;/m1./s1. The first-order valence-electron chi connectivity index (χ1n) is 9.09. The molecule has 0 unspecified atom stereocenters. The van der Waals surface area contributed by atoms with Crippen molar-refractivity contribution in [3.8, 4) is 0 Å². The van der Waals surface area contributed by atoms with E-state index in [-0.39, 0.29) is 18.7 Å². The number of carbonyl (C=O) groups excluding carboxylic acids is 2. The van der Waals surface area contributed by atoms with Crippen molar-refractivity contribution in [3.63, 3.8) is 0 Å². The van der Waals surface area contributed by atoms with E-state index in [1.54, 1.807) is 20.8 Å². The quantitative estimate of drug-likeness (QED) is 0.593. The number of primary amides is 1. The Kier molecular flexibility index (Phi) is 9.73. The molecule has 1 aliphatic heterocycles. The van der Waals surface area contributed by atoms with Crippen LogP contribution in [0.3, 0.4) is 0 Å². The molecule has 3 amide bonds. The number of benzene rings is 1. The molecule has 1 aliphatic rings. The molecule has 10 heteroatoms. The highest BCUT2D eigenvalue weighted by molar-refractivity contribution is 5.69. The third-order valence-corrected chi connectivity index (χ3v) is 3.57. The van der Waals surface area contributed by atoms with Gasteiger partial charge in [-0.3, -0.25) is 0 Å². The van der Waals surface area contributed by atoms with Gasteiger partial charge in [0.15, 0.2) is 0 Å². The zero-order valence-electron chi connectivity index (χ0n) is 16.8. The molecule has 1 aromatic rings. The van der Waals surface area contributed by atoms with E-state index >= 15 is 0 Å². The van der Waals surface area contributed by atoms with Crippen LogP contribution in [0, 0.1) is 0 Å². The van der Waals surface area contributed by atoms with Crippen molar-refractivity contribution < 1.29 is 33.7 Å². The van der Waals surface area contributed by atoms with Gasteiger partial charge in [-0.1, -0.05) is 30.3 Å².